The van der Waals surface area contributed by atoms with E-state index in [0.29, 0.717) is 35.7 Å². The lowest BCUT2D eigenvalue weighted by atomic mass is 10.1. The van der Waals surface area contributed by atoms with Gasteiger partial charge in [0.25, 0.3) is 0 Å². The molecule has 2 aromatic carbocycles. The van der Waals surface area contributed by atoms with Gasteiger partial charge in [-0.1, -0.05) is 29.8 Å². The van der Waals surface area contributed by atoms with Crippen molar-refractivity contribution in [2.75, 3.05) is 13.7 Å². The molecule has 3 rings (SSSR count). The van der Waals surface area contributed by atoms with Gasteiger partial charge in [-0.25, -0.2) is 4.79 Å². The first-order valence-corrected chi connectivity index (χ1v) is 8.66. The van der Waals surface area contributed by atoms with Gasteiger partial charge in [0.15, 0.2) is 0 Å². The van der Waals surface area contributed by atoms with E-state index in [1.165, 1.54) is 7.11 Å². The number of esters is 1. The van der Waals surface area contributed by atoms with Gasteiger partial charge in [0, 0.05) is 11.8 Å². The summed E-state index contributed by atoms with van der Waals surface area (Å²) in [4.78, 5) is 24.1. The van der Waals surface area contributed by atoms with Crippen molar-refractivity contribution in [1.29, 1.82) is 0 Å². The van der Waals surface area contributed by atoms with Gasteiger partial charge in [-0.05, 0) is 43.3 Å². The molecule has 0 aliphatic carbocycles. The summed E-state index contributed by atoms with van der Waals surface area (Å²) in [5.74, 6) is 0.261. The lowest BCUT2D eigenvalue weighted by Gasteiger charge is -2.11. The maximum Gasteiger partial charge on any atom is 0.337 e. The Labute approximate surface area is 158 Å². The molecule has 0 bridgehead atoms. The molecule has 1 heterocycles. The minimum atomic E-state index is -0.381. The molecule has 5 nitrogen and oxygen atoms in total. The standard InChI is InChI=1S/C22H21NO4/c1-16-5-7-17(8-6-16)21(24)20-4-3-13-23(20)14-15-27-19-11-9-18(10-12-19)22(25)26-2/h3-13H,14-15H2,1-2H3. The number of carbonyl (C=O) groups excluding carboxylic acids is 2. The van der Waals surface area contributed by atoms with Crippen LogP contribution < -0.4 is 4.74 Å². The molecule has 0 saturated carbocycles. The Morgan fingerprint density at radius 1 is 0.926 bits per heavy atom. The molecule has 138 valence electrons. The molecular formula is C22H21NO4. The number of ketones is 1. The number of aryl methyl sites for hydroxylation is 1. The number of carbonyl (C=O) groups is 2. The van der Waals surface area contributed by atoms with Gasteiger partial charge in [0.1, 0.15) is 12.4 Å². The maximum absolute atomic E-state index is 12.7. The number of nitrogens with zero attached hydrogens (tertiary/aromatic N) is 1. The fraction of sp³-hybridized carbons (Fsp3) is 0.182. The van der Waals surface area contributed by atoms with Gasteiger partial charge < -0.3 is 14.0 Å². The molecule has 0 aliphatic heterocycles. The third-order valence-electron chi connectivity index (χ3n) is 4.25. The predicted molar refractivity (Wildman–Crippen MR) is 102 cm³/mol. The van der Waals surface area contributed by atoms with Gasteiger partial charge >= 0.3 is 5.97 Å². The highest BCUT2D eigenvalue weighted by molar-refractivity contribution is 6.08. The summed E-state index contributed by atoms with van der Waals surface area (Å²) >= 11 is 0. The highest BCUT2D eigenvalue weighted by atomic mass is 16.5. The van der Waals surface area contributed by atoms with E-state index in [4.69, 9.17) is 4.74 Å². The summed E-state index contributed by atoms with van der Waals surface area (Å²) in [6, 6.07) is 18.0. The molecule has 3 aromatic rings. The van der Waals surface area contributed by atoms with Crippen molar-refractivity contribution in [3.63, 3.8) is 0 Å². The molecular weight excluding hydrogens is 342 g/mol. The molecule has 5 heteroatoms. The molecule has 27 heavy (non-hydrogen) atoms. The number of ether oxygens (including phenoxy) is 2. The number of hydrogen-bond acceptors (Lipinski definition) is 4. The number of benzene rings is 2. The van der Waals surface area contributed by atoms with E-state index < -0.39 is 0 Å². The minimum Gasteiger partial charge on any atom is -0.492 e. The first-order chi connectivity index (χ1) is 13.1. The summed E-state index contributed by atoms with van der Waals surface area (Å²) in [7, 11) is 1.35. The Bertz CT molecular complexity index is 924. The number of aromatic nitrogens is 1. The highest BCUT2D eigenvalue weighted by Crippen LogP contribution is 2.15. The van der Waals surface area contributed by atoms with Crippen molar-refractivity contribution in [3.8, 4) is 5.75 Å². The average molecular weight is 363 g/mol. The molecule has 0 unspecified atom stereocenters. The molecule has 0 fully saturated rings. The molecule has 0 amide bonds. The third-order valence-corrected chi connectivity index (χ3v) is 4.25. The summed E-state index contributed by atoms with van der Waals surface area (Å²) in [6.07, 6.45) is 1.87. The third kappa shape index (κ3) is 4.44. The second-order valence-corrected chi connectivity index (χ2v) is 6.15. The van der Waals surface area contributed by atoms with Gasteiger partial charge in [-0.2, -0.15) is 0 Å². The van der Waals surface area contributed by atoms with Crippen LogP contribution in [-0.4, -0.2) is 30.0 Å². The fourth-order valence-corrected chi connectivity index (χ4v) is 2.73. The van der Waals surface area contributed by atoms with E-state index in [0.717, 1.165) is 5.56 Å². The van der Waals surface area contributed by atoms with E-state index >= 15 is 0 Å². The molecule has 0 spiro atoms. The Morgan fingerprint density at radius 2 is 1.59 bits per heavy atom. The van der Waals surface area contributed by atoms with Crippen LogP contribution in [0, 0.1) is 6.92 Å². The molecule has 0 aliphatic rings. The van der Waals surface area contributed by atoms with Crippen molar-refractivity contribution in [2.24, 2.45) is 0 Å². The summed E-state index contributed by atoms with van der Waals surface area (Å²) in [5, 5.41) is 0. The highest BCUT2D eigenvalue weighted by Gasteiger charge is 2.13. The van der Waals surface area contributed by atoms with E-state index in [-0.39, 0.29) is 11.8 Å². The molecule has 0 radical (unpaired) electrons. The zero-order chi connectivity index (χ0) is 19.2. The lowest BCUT2D eigenvalue weighted by molar-refractivity contribution is 0.0600. The van der Waals surface area contributed by atoms with Crippen LogP contribution in [0.2, 0.25) is 0 Å². The SMILES string of the molecule is COC(=O)c1ccc(OCCn2cccc2C(=O)c2ccc(C)cc2)cc1. The monoisotopic (exact) mass is 363 g/mol. The predicted octanol–water partition coefficient (Wildman–Crippen LogP) is 3.89. The van der Waals surface area contributed by atoms with Gasteiger partial charge in [-0.15, -0.1) is 0 Å². The van der Waals surface area contributed by atoms with E-state index in [9.17, 15) is 9.59 Å². The van der Waals surface area contributed by atoms with Crippen LogP contribution in [0.4, 0.5) is 0 Å². The normalized spacial score (nSPS) is 10.4. The molecule has 0 saturated heterocycles. The molecule has 0 atom stereocenters. The van der Waals surface area contributed by atoms with Gasteiger partial charge in [-0.3, -0.25) is 4.79 Å². The minimum absolute atomic E-state index is 0.0116. The average Bonchev–Trinajstić information content (AvgIpc) is 3.16. The van der Waals surface area contributed by atoms with Crippen LogP contribution >= 0.6 is 0 Å². The lowest BCUT2D eigenvalue weighted by Crippen LogP contribution is -2.14. The quantitative estimate of drug-likeness (QED) is 0.472. The summed E-state index contributed by atoms with van der Waals surface area (Å²) in [5.41, 5.74) is 2.89. The van der Waals surface area contributed by atoms with Crippen LogP contribution in [0.15, 0.2) is 66.9 Å². The van der Waals surface area contributed by atoms with E-state index in [1.54, 1.807) is 24.3 Å². The Morgan fingerprint density at radius 3 is 2.26 bits per heavy atom. The van der Waals surface area contributed by atoms with E-state index in [1.807, 2.05) is 54.1 Å². The molecule has 0 N–H and O–H groups in total. The van der Waals surface area contributed by atoms with Crippen LogP contribution in [0.25, 0.3) is 0 Å². The van der Waals surface area contributed by atoms with Crippen molar-refractivity contribution in [3.05, 3.63) is 89.2 Å². The zero-order valence-electron chi connectivity index (χ0n) is 15.3. The zero-order valence-corrected chi connectivity index (χ0v) is 15.3. The smallest absolute Gasteiger partial charge is 0.337 e. The Balaban J connectivity index is 1.61. The number of methoxy groups -OCH3 is 1. The Kier molecular flexibility index (Phi) is 5.71. The van der Waals surface area contributed by atoms with Crippen molar-refractivity contribution >= 4 is 11.8 Å². The second-order valence-electron chi connectivity index (χ2n) is 6.15. The Hall–Kier alpha value is -3.34. The fourth-order valence-electron chi connectivity index (χ4n) is 2.73. The second kappa shape index (κ2) is 8.36. The number of hydrogen-bond donors (Lipinski definition) is 0. The van der Waals surface area contributed by atoms with Gasteiger partial charge in [0.05, 0.1) is 24.9 Å². The summed E-state index contributed by atoms with van der Waals surface area (Å²) < 4.78 is 12.3. The van der Waals surface area contributed by atoms with Crippen LogP contribution in [0.1, 0.15) is 32.0 Å². The van der Waals surface area contributed by atoms with E-state index in [2.05, 4.69) is 4.74 Å². The van der Waals surface area contributed by atoms with Crippen LogP contribution in [0.5, 0.6) is 5.75 Å². The summed E-state index contributed by atoms with van der Waals surface area (Å²) in [6.45, 7) is 2.94. The largest absolute Gasteiger partial charge is 0.492 e. The first-order valence-electron chi connectivity index (χ1n) is 8.66. The van der Waals surface area contributed by atoms with Crippen LogP contribution in [-0.2, 0) is 11.3 Å². The number of rotatable bonds is 7. The topological polar surface area (TPSA) is 57.5 Å². The van der Waals surface area contributed by atoms with Crippen molar-refractivity contribution in [2.45, 2.75) is 13.5 Å². The van der Waals surface area contributed by atoms with Crippen molar-refractivity contribution in [1.82, 2.24) is 4.57 Å². The van der Waals surface area contributed by atoms with Crippen LogP contribution in [0.3, 0.4) is 0 Å². The molecule has 1 aromatic heterocycles. The maximum atomic E-state index is 12.7. The van der Waals surface area contributed by atoms with Gasteiger partial charge in [0.2, 0.25) is 5.78 Å². The van der Waals surface area contributed by atoms with Crippen molar-refractivity contribution < 1.29 is 19.1 Å². The first kappa shape index (κ1) is 18.5.